The monoisotopic (exact) mass is 409 g/mol. The molecule has 8 heteroatoms. The minimum atomic E-state index is -0.578. The van der Waals surface area contributed by atoms with Gasteiger partial charge in [-0.3, -0.25) is 4.90 Å². The number of hydrogen-bond donors (Lipinski definition) is 1. The molecule has 2 heterocycles. The van der Waals surface area contributed by atoms with E-state index in [4.69, 9.17) is 25.5 Å². The summed E-state index contributed by atoms with van der Waals surface area (Å²) in [6.45, 7) is 11.3. The van der Waals surface area contributed by atoms with Gasteiger partial charge in [-0.05, 0) is 40.2 Å². The van der Waals surface area contributed by atoms with Gasteiger partial charge in [0.1, 0.15) is 17.2 Å². The van der Waals surface area contributed by atoms with Gasteiger partial charge >= 0.3 is 6.09 Å². The van der Waals surface area contributed by atoms with Crippen LogP contribution in [0, 0.1) is 0 Å². The van der Waals surface area contributed by atoms with Crippen LogP contribution in [0.4, 0.5) is 4.79 Å². The average molecular weight is 410 g/mol. The molecule has 1 fully saturated rings. The van der Waals surface area contributed by atoms with Crippen molar-refractivity contribution in [3.05, 3.63) is 23.0 Å². The van der Waals surface area contributed by atoms with Crippen molar-refractivity contribution in [2.24, 2.45) is 0 Å². The maximum atomic E-state index is 12.8. The van der Waals surface area contributed by atoms with Gasteiger partial charge in [-0.2, -0.15) is 0 Å². The average Bonchev–Trinajstić information content (AvgIpc) is 3.01. The van der Waals surface area contributed by atoms with Crippen molar-refractivity contribution >= 4 is 28.8 Å². The Labute approximate surface area is 170 Å². The molecule has 3 rings (SSSR count). The van der Waals surface area contributed by atoms with Gasteiger partial charge in [0.05, 0.1) is 6.61 Å². The van der Waals surface area contributed by atoms with Crippen LogP contribution < -0.4 is 10.1 Å². The zero-order chi connectivity index (χ0) is 20.5. The second-order valence-electron chi connectivity index (χ2n) is 8.01. The predicted octanol–water partition coefficient (Wildman–Crippen LogP) is 4.54. The summed E-state index contributed by atoms with van der Waals surface area (Å²) in [5.74, 6) is 0.993. The second-order valence-corrected chi connectivity index (χ2v) is 8.45. The summed E-state index contributed by atoms with van der Waals surface area (Å²) in [6, 6.07) is 3.02. The van der Waals surface area contributed by atoms with E-state index in [-0.39, 0.29) is 12.1 Å². The van der Waals surface area contributed by atoms with Crippen molar-refractivity contribution in [3.63, 3.8) is 0 Å². The van der Waals surface area contributed by atoms with E-state index in [1.807, 2.05) is 34.6 Å². The topological polar surface area (TPSA) is 76.8 Å². The van der Waals surface area contributed by atoms with E-state index in [1.165, 1.54) is 0 Å². The summed E-state index contributed by atoms with van der Waals surface area (Å²) >= 11 is 6.22. The standard InChI is InChI=1S/C20H28ClN3O4/c1-6-9-26-15-11-13(21)10-14-17(15)27-18(23-14)16-12(2)22-7-8-24(16)19(25)28-20(3,4)5/h10-12,16,22H,6-9H2,1-5H3/t12?,16-/m0/s1. The molecule has 1 aromatic carbocycles. The highest BCUT2D eigenvalue weighted by Crippen LogP contribution is 2.35. The van der Waals surface area contributed by atoms with Gasteiger partial charge in [0.2, 0.25) is 5.89 Å². The van der Waals surface area contributed by atoms with Crippen LogP contribution in [0.3, 0.4) is 0 Å². The Kier molecular flexibility index (Phi) is 6.05. The summed E-state index contributed by atoms with van der Waals surface area (Å²) in [4.78, 5) is 19.1. The maximum absolute atomic E-state index is 12.8. The van der Waals surface area contributed by atoms with E-state index < -0.39 is 11.6 Å². The molecule has 2 aromatic rings. The molecule has 7 nitrogen and oxygen atoms in total. The smallest absolute Gasteiger partial charge is 0.411 e. The van der Waals surface area contributed by atoms with Crippen LogP contribution in [0.25, 0.3) is 11.1 Å². The molecule has 1 N–H and O–H groups in total. The fourth-order valence-corrected chi connectivity index (χ4v) is 3.44. The zero-order valence-electron chi connectivity index (χ0n) is 17.0. The first kappa shape index (κ1) is 20.7. The summed E-state index contributed by atoms with van der Waals surface area (Å²) in [7, 11) is 0. The van der Waals surface area contributed by atoms with E-state index in [0.29, 0.717) is 47.5 Å². The van der Waals surface area contributed by atoms with Crippen LogP contribution >= 0.6 is 11.6 Å². The quantitative estimate of drug-likeness (QED) is 0.798. The molecule has 0 aliphatic carbocycles. The normalized spacial score (nSPS) is 20.4. The molecule has 28 heavy (non-hydrogen) atoms. The molecule has 1 saturated heterocycles. The number of ether oxygens (including phenoxy) is 2. The van der Waals surface area contributed by atoms with Gasteiger partial charge in [0, 0.05) is 30.2 Å². The number of carbonyl (C=O) groups is 1. The molecular weight excluding hydrogens is 382 g/mol. The van der Waals surface area contributed by atoms with Crippen molar-refractivity contribution in [3.8, 4) is 5.75 Å². The van der Waals surface area contributed by atoms with Crippen LogP contribution in [0.1, 0.15) is 53.0 Å². The van der Waals surface area contributed by atoms with Gasteiger partial charge in [0.15, 0.2) is 11.3 Å². The van der Waals surface area contributed by atoms with E-state index in [0.717, 1.165) is 6.42 Å². The Morgan fingerprint density at radius 2 is 2.18 bits per heavy atom. The Bertz CT molecular complexity index is 846. The molecular formula is C20H28ClN3O4. The van der Waals surface area contributed by atoms with E-state index in [9.17, 15) is 4.79 Å². The third kappa shape index (κ3) is 4.52. The van der Waals surface area contributed by atoms with Gasteiger partial charge < -0.3 is 19.2 Å². The van der Waals surface area contributed by atoms with Gasteiger partial charge in [-0.15, -0.1) is 0 Å². The highest BCUT2D eigenvalue weighted by molar-refractivity contribution is 6.31. The van der Waals surface area contributed by atoms with Crippen LogP contribution in [-0.4, -0.2) is 47.3 Å². The first-order chi connectivity index (χ1) is 13.2. The Morgan fingerprint density at radius 3 is 2.86 bits per heavy atom. The van der Waals surface area contributed by atoms with E-state index in [2.05, 4.69) is 10.3 Å². The van der Waals surface area contributed by atoms with E-state index in [1.54, 1.807) is 17.0 Å². The minimum Gasteiger partial charge on any atom is -0.490 e. The van der Waals surface area contributed by atoms with Crippen molar-refractivity contribution in [1.82, 2.24) is 15.2 Å². The zero-order valence-corrected chi connectivity index (χ0v) is 17.8. The molecule has 0 bridgehead atoms. The molecule has 1 unspecified atom stereocenters. The lowest BCUT2D eigenvalue weighted by atomic mass is 10.1. The highest BCUT2D eigenvalue weighted by atomic mass is 35.5. The lowest BCUT2D eigenvalue weighted by Gasteiger charge is -2.39. The summed E-state index contributed by atoms with van der Waals surface area (Å²) in [5.41, 5.74) is 0.566. The number of aromatic nitrogens is 1. The Morgan fingerprint density at radius 1 is 1.43 bits per heavy atom. The van der Waals surface area contributed by atoms with Gasteiger partial charge in [-0.25, -0.2) is 9.78 Å². The Hall–Kier alpha value is -1.99. The molecule has 1 aromatic heterocycles. The van der Waals surface area contributed by atoms with Gasteiger partial charge in [-0.1, -0.05) is 18.5 Å². The summed E-state index contributed by atoms with van der Waals surface area (Å²) < 4.78 is 17.5. The fraction of sp³-hybridized carbons (Fsp3) is 0.600. The van der Waals surface area contributed by atoms with E-state index >= 15 is 0 Å². The number of halogens is 1. The molecule has 0 saturated carbocycles. The first-order valence-electron chi connectivity index (χ1n) is 9.65. The molecule has 0 radical (unpaired) electrons. The van der Waals surface area contributed by atoms with Crippen LogP contribution in [0.2, 0.25) is 5.02 Å². The van der Waals surface area contributed by atoms with Crippen molar-refractivity contribution < 1.29 is 18.7 Å². The number of nitrogens with zero attached hydrogens (tertiary/aromatic N) is 2. The SMILES string of the molecule is CCCOc1cc(Cl)cc2nc([C@@H]3C(C)NCCN3C(=O)OC(C)(C)C)oc12. The lowest BCUT2D eigenvalue weighted by Crippen LogP contribution is -2.54. The molecule has 154 valence electrons. The van der Waals surface area contributed by atoms with Crippen molar-refractivity contribution in [2.75, 3.05) is 19.7 Å². The summed E-state index contributed by atoms with van der Waals surface area (Å²) in [5, 5.41) is 3.90. The predicted molar refractivity (Wildman–Crippen MR) is 108 cm³/mol. The number of carbonyl (C=O) groups excluding carboxylic acids is 1. The third-order valence-electron chi connectivity index (χ3n) is 4.41. The third-order valence-corrected chi connectivity index (χ3v) is 4.63. The Balaban J connectivity index is 1.98. The number of benzene rings is 1. The van der Waals surface area contributed by atoms with Crippen LogP contribution in [0.5, 0.6) is 5.75 Å². The summed E-state index contributed by atoms with van der Waals surface area (Å²) in [6.07, 6.45) is 0.485. The largest absolute Gasteiger partial charge is 0.490 e. The van der Waals surface area contributed by atoms with Crippen LogP contribution in [-0.2, 0) is 4.74 Å². The molecule has 2 atom stereocenters. The number of fused-ring (bicyclic) bond motifs is 1. The number of nitrogens with one attached hydrogen (secondary N) is 1. The number of hydrogen-bond acceptors (Lipinski definition) is 6. The first-order valence-corrected chi connectivity index (χ1v) is 10.0. The van der Waals surface area contributed by atoms with Crippen LogP contribution in [0.15, 0.2) is 16.5 Å². The molecule has 1 aliphatic rings. The van der Waals surface area contributed by atoms with Crippen molar-refractivity contribution in [2.45, 2.75) is 58.7 Å². The van der Waals surface area contributed by atoms with Crippen molar-refractivity contribution in [1.29, 1.82) is 0 Å². The minimum absolute atomic E-state index is 0.0511. The number of oxazole rings is 1. The number of rotatable bonds is 4. The molecule has 1 amide bonds. The second kappa shape index (κ2) is 8.17. The fourth-order valence-electron chi connectivity index (χ4n) is 3.24. The lowest BCUT2D eigenvalue weighted by molar-refractivity contribution is 0.00265. The highest BCUT2D eigenvalue weighted by Gasteiger charge is 2.38. The van der Waals surface area contributed by atoms with Gasteiger partial charge in [0.25, 0.3) is 0 Å². The number of piperazine rings is 1. The number of amides is 1. The molecule has 0 spiro atoms. The molecule has 1 aliphatic heterocycles. The maximum Gasteiger partial charge on any atom is 0.411 e.